The van der Waals surface area contributed by atoms with E-state index in [-0.39, 0.29) is 12.2 Å². The average molecular weight is 386 g/mol. The Morgan fingerprint density at radius 3 is 2.39 bits per heavy atom. The molecule has 0 aromatic heterocycles. The van der Waals surface area contributed by atoms with Crippen molar-refractivity contribution >= 4 is 0 Å². The molecule has 28 heavy (non-hydrogen) atoms. The van der Waals surface area contributed by atoms with Gasteiger partial charge in [-0.15, -0.1) is 0 Å². The smallest absolute Gasteiger partial charge is 0.162 e. The summed E-state index contributed by atoms with van der Waals surface area (Å²) in [7, 11) is 1.69. The predicted octanol–water partition coefficient (Wildman–Crippen LogP) is 4.32. The van der Waals surface area contributed by atoms with Gasteiger partial charge in [-0.3, -0.25) is 4.90 Å². The number of para-hydroxylation sites is 3. The predicted molar refractivity (Wildman–Crippen MR) is 110 cm³/mol. The minimum absolute atomic E-state index is 0.109. The second-order valence-electron chi connectivity index (χ2n) is 7.16. The van der Waals surface area contributed by atoms with Crippen LogP contribution in [0.25, 0.3) is 0 Å². The zero-order valence-electron chi connectivity index (χ0n) is 17.3. The topological polar surface area (TPSA) is 40.2 Å². The molecule has 5 nitrogen and oxygen atoms in total. The fourth-order valence-corrected chi connectivity index (χ4v) is 3.55. The molecule has 1 heterocycles. The molecule has 2 atom stereocenters. The van der Waals surface area contributed by atoms with Crippen molar-refractivity contribution in [3.05, 3.63) is 54.1 Å². The number of methoxy groups -OCH3 is 1. The molecule has 1 saturated heterocycles. The van der Waals surface area contributed by atoms with Crippen LogP contribution in [0, 0.1) is 0 Å². The molecule has 0 N–H and O–H groups in total. The molecular formula is C23H31NO4. The SMILES string of the molecule is CCOc1ccccc1OC(c1ccccc1OC)C1CN(C(C)C)CCO1. The molecular weight excluding hydrogens is 354 g/mol. The molecule has 0 spiro atoms. The first-order chi connectivity index (χ1) is 13.6. The van der Waals surface area contributed by atoms with Gasteiger partial charge in [-0.25, -0.2) is 0 Å². The van der Waals surface area contributed by atoms with E-state index in [1.165, 1.54) is 0 Å². The number of ether oxygens (including phenoxy) is 4. The fourth-order valence-electron chi connectivity index (χ4n) is 3.55. The maximum atomic E-state index is 6.54. The van der Waals surface area contributed by atoms with Gasteiger partial charge in [-0.1, -0.05) is 30.3 Å². The zero-order chi connectivity index (χ0) is 19.9. The number of rotatable bonds is 8. The summed E-state index contributed by atoms with van der Waals surface area (Å²) in [5.41, 5.74) is 0.979. The lowest BCUT2D eigenvalue weighted by atomic mass is 10.0. The van der Waals surface area contributed by atoms with Crippen LogP contribution in [0.2, 0.25) is 0 Å². The van der Waals surface area contributed by atoms with E-state index in [0.29, 0.717) is 25.0 Å². The molecule has 0 radical (unpaired) electrons. The second kappa shape index (κ2) is 9.80. The Morgan fingerprint density at radius 1 is 1.04 bits per heavy atom. The molecule has 3 rings (SSSR count). The van der Waals surface area contributed by atoms with Crippen molar-refractivity contribution in [3.8, 4) is 17.2 Å². The van der Waals surface area contributed by atoms with E-state index in [2.05, 4.69) is 18.7 Å². The van der Waals surface area contributed by atoms with Crippen molar-refractivity contribution in [2.24, 2.45) is 0 Å². The van der Waals surface area contributed by atoms with Crippen molar-refractivity contribution in [1.82, 2.24) is 4.90 Å². The van der Waals surface area contributed by atoms with Gasteiger partial charge in [0, 0.05) is 24.7 Å². The minimum Gasteiger partial charge on any atom is -0.496 e. The van der Waals surface area contributed by atoms with Crippen molar-refractivity contribution < 1.29 is 18.9 Å². The molecule has 152 valence electrons. The molecule has 2 aromatic carbocycles. The van der Waals surface area contributed by atoms with Gasteiger partial charge in [0.15, 0.2) is 17.6 Å². The normalized spacial score (nSPS) is 18.7. The van der Waals surface area contributed by atoms with Crippen LogP contribution in [0.4, 0.5) is 0 Å². The quantitative estimate of drug-likeness (QED) is 0.677. The molecule has 2 unspecified atom stereocenters. The van der Waals surface area contributed by atoms with E-state index in [0.717, 1.165) is 30.2 Å². The Kier molecular flexibility index (Phi) is 7.18. The number of nitrogens with zero attached hydrogens (tertiary/aromatic N) is 1. The van der Waals surface area contributed by atoms with Gasteiger partial charge in [0.25, 0.3) is 0 Å². The van der Waals surface area contributed by atoms with Gasteiger partial charge in [-0.05, 0) is 39.0 Å². The summed E-state index contributed by atoms with van der Waals surface area (Å²) < 4.78 is 24.1. The molecule has 2 aromatic rings. The molecule has 1 aliphatic rings. The highest BCUT2D eigenvalue weighted by molar-refractivity contribution is 5.42. The highest BCUT2D eigenvalue weighted by Crippen LogP contribution is 2.37. The van der Waals surface area contributed by atoms with Crippen LogP contribution in [0.5, 0.6) is 17.2 Å². The third kappa shape index (κ3) is 4.78. The summed E-state index contributed by atoms with van der Waals surface area (Å²) in [4.78, 5) is 2.42. The van der Waals surface area contributed by atoms with Crippen molar-refractivity contribution in [1.29, 1.82) is 0 Å². The van der Waals surface area contributed by atoms with E-state index < -0.39 is 0 Å². The first-order valence-electron chi connectivity index (χ1n) is 10.0. The largest absolute Gasteiger partial charge is 0.496 e. The Balaban J connectivity index is 1.95. The van der Waals surface area contributed by atoms with Gasteiger partial charge in [0.2, 0.25) is 0 Å². The minimum atomic E-state index is -0.306. The molecule has 0 aliphatic carbocycles. The third-order valence-corrected chi connectivity index (χ3v) is 5.04. The van der Waals surface area contributed by atoms with Crippen LogP contribution in [0.15, 0.2) is 48.5 Å². The monoisotopic (exact) mass is 385 g/mol. The maximum absolute atomic E-state index is 6.54. The Bertz CT molecular complexity index is 749. The Labute approximate surface area is 168 Å². The second-order valence-corrected chi connectivity index (χ2v) is 7.16. The number of hydrogen-bond acceptors (Lipinski definition) is 5. The average Bonchev–Trinajstić information content (AvgIpc) is 2.73. The fraction of sp³-hybridized carbons (Fsp3) is 0.478. The summed E-state index contributed by atoms with van der Waals surface area (Å²) in [6.45, 7) is 9.40. The van der Waals surface area contributed by atoms with Gasteiger partial charge in [0.1, 0.15) is 11.9 Å². The lowest BCUT2D eigenvalue weighted by Crippen LogP contribution is -2.48. The lowest BCUT2D eigenvalue weighted by Gasteiger charge is -2.39. The Hall–Kier alpha value is -2.24. The molecule has 1 fully saturated rings. The Morgan fingerprint density at radius 2 is 1.71 bits per heavy atom. The van der Waals surface area contributed by atoms with E-state index in [4.69, 9.17) is 18.9 Å². The van der Waals surface area contributed by atoms with Crippen LogP contribution in [-0.4, -0.2) is 50.5 Å². The van der Waals surface area contributed by atoms with E-state index in [1.807, 2.05) is 55.5 Å². The molecule has 5 heteroatoms. The summed E-state index contributed by atoms with van der Waals surface area (Å²) in [5, 5.41) is 0. The molecule has 0 bridgehead atoms. The summed E-state index contributed by atoms with van der Waals surface area (Å²) in [5.74, 6) is 2.25. The third-order valence-electron chi connectivity index (χ3n) is 5.04. The molecule has 0 saturated carbocycles. The van der Waals surface area contributed by atoms with Gasteiger partial charge >= 0.3 is 0 Å². The van der Waals surface area contributed by atoms with Crippen LogP contribution in [0.1, 0.15) is 32.4 Å². The van der Waals surface area contributed by atoms with Crippen LogP contribution in [0.3, 0.4) is 0 Å². The summed E-state index contributed by atoms with van der Waals surface area (Å²) in [6.07, 6.45) is -0.415. The standard InChI is InChI=1S/C23H31NO4/c1-5-26-20-12-8-9-13-21(20)28-23(18-10-6-7-11-19(18)25-4)22-16-24(17(2)3)14-15-27-22/h6-13,17,22-23H,5,14-16H2,1-4H3. The first kappa shape index (κ1) is 20.5. The number of morpholine rings is 1. The maximum Gasteiger partial charge on any atom is 0.162 e. The van der Waals surface area contributed by atoms with E-state index in [9.17, 15) is 0 Å². The summed E-state index contributed by atoms with van der Waals surface area (Å²) in [6, 6.07) is 16.2. The molecule has 1 aliphatic heterocycles. The van der Waals surface area contributed by atoms with Crippen LogP contribution in [-0.2, 0) is 4.74 Å². The highest BCUT2D eigenvalue weighted by Gasteiger charge is 2.34. The van der Waals surface area contributed by atoms with Gasteiger partial charge < -0.3 is 18.9 Å². The number of benzene rings is 2. The number of hydrogen-bond donors (Lipinski definition) is 0. The van der Waals surface area contributed by atoms with Crippen molar-refractivity contribution in [2.45, 2.75) is 39.0 Å². The lowest BCUT2D eigenvalue weighted by molar-refractivity contribution is -0.0893. The van der Waals surface area contributed by atoms with Crippen molar-refractivity contribution in [3.63, 3.8) is 0 Å². The van der Waals surface area contributed by atoms with Crippen LogP contribution >= 0.6 is 0 Å². The van der Waals surface area contributed by atoms with Gasteiger partial charge in [0.05, 0.1) is 20.3 Å². The van der Waals surface area contributed by atoms with Crippen LogP contribution < -0.4 is 14.2 Å². The van der Waals surface area contributed by atoms with Gasteiger partial charge in [-0.2, -0.15) is 0 Å². The summed E-state index contributed by atoms with van der Waals surface area (Å²) >= 11 is 0. The van der Waals surface area contributed by atoms with Crippen molar-refractivity contribution in [2.75, 3.05) is 33.4 Å². The van der Waals surface area contributed by atoms with E-state index in [1.54, 1.807) is 7.11 Å². The first-order valence-corrected chi connectivity index (χ1v) is 10.0. The van der Waals surface area contributed by atoms with E-state index >= 15 is 0 Å². The zero-order valence-corrected chi connectivity index (χ0v) is 17.3. The highest BCUT2D eigenvalue weighted by atomic mass is 16.6. The molecule has 0 amide bonds.